The van der Waals surface area contributed by atoms with Crippen molar-refractivity contribution >= 4 is 11.0 Å². The Morgan fingerprint density at radius 3 is 2.50 bits per heavy atom. The Labute approximate surface area is 117 Å². The molecule has 4 heteroatoms. The second-order valence-corrected chi connectivity index (χ2v) is 4.70. The number of fused-ring (bicyclic) bond motifs is 1. The summed E-state index contributed by atoms with van der Waals surface area (Å²) < 4.78 is 2.05. The highest BCUT2D eigenvalue weighted by Crippen LogP contribution is 2.24. The molecule has 20 heavy (non-hydrogen) atoms. The number of nitrogens with zero attached hydrogens (tertiary/aromatic N) is 2. The maximum atomic E-state index is 9.29. The summed E-state index contributed by atoms with van der Waals surface area (Å²) in [6.45, 7) is 1.16. The number of para-hydroxylation sites is 2. The van der Waals surface area contributed by atoms with E-state index < -0.39 is 0 Å². The minimum atomic E-state index is 0.0915. The normalized spacial score (nSPS) is 11.1. The molecule has 2 aromatic carbocycles. The third-order valence-corrected chi connectivity index (χ3v) is 3.43. The molecular weight excluding hydrogens is 250 g/mol. The third-order valence-electron chi connectivity index (χ3n) is 3.43. The lowest BCUT2D eigenvalue weighted by molar-refractivity contribution is 0.278. The van der Waals surface area contributed by atoms with Gasteiger partial charge in [-0.3, -0.25) is 0 Å². The topological polar surface area (TPSA) is 64.1 Å². The van der Waals surface area contributed by atoms with E-state index in [-0.39, 0.29) is 6.61 Å². The fourth-order valence-electron chi connectivity index (χ4n) is 2.41. The van der Waals surface area contributed by atoms with Crippen molar-refractivity contribution in [2.75, 3.05) is 6.61 Å². The van der Waals surface area contributed by atoms with E-state index in [2.05, 4.69) is 4.98 Å². The number of aliphatic hydroxyl groups is 1. The molecule has 0 aliphatic carbocycles. The van der Waals surface area contributed by atoms with Gasteiger partial charge in [-0.25, -0.2) is 4.98 Å². The molecule has 3 rings (SSSR count). The number of hydrogen-bond acceptors (Lipinski definition) is 3. The van der Waals surface area contributed by atoms with E-state index in [0.29, 0.717) is 13.1 Å². The molecule has 1 aromatic heterocycles. The van der Waals surface area contributed by atoms with Gasteiger partial charge in [0.1, 0.15) is 5.82 Å². The summed E-state index contributed by atoms with van der Waals surface area (Å²) in [4.78, 5) is 4.68. The zero-order valence-electron chi connectivity index (χ0n) is 11.2. The number of nitrogens with two attached hydrogens (primary N) is 1. The quantitative estimate of drug-likeness (QED) is 0.761. The van der Waals surface area contributed by atoms with Crippen molar-refractivity contribution in [3.63, 3.8) is 0 Å². The van der Waals surface area contributed by atoms with Crippen LogP contribution in [0.1, 0.15) is 5.56 Å². The first-order valence-electron chi connectivity index (χ1n) is 6.69. The first kappa shape index (κ1) is 12.8. The lowest BCUT2D eigenvalue weighted by Gasteiger charge is -2.08. The van der Waals surface area contributed by atoms with Gasteiger partial charge in [0.05, 0.1) is 17.6 Å². The second kappa shape index (κ2) is 5.45. The summed E-state index contributed by atoms with van der Waals surface area (Å²) in [5.41, 5.74) is 9.74. The zero-order chi connectivity index (χ0) is 13.9. The van der Waals surface area contributed by atoms with Crippen LogP contribution in [-0.4, -0.2) is 21.3 Å². The second-order valence-electron chi connectivity index (χ2n) is 4.70. The minimum absolute atomic E-state index is 0.0915. The van der Waals surface area contributed by atoms with E-state index in [1.165, 1.54) is 0 Å². The molecule has 0 radical (unpaired) electrons. The maximum Gasteiger partial charge on any atom is 0.141 e. The van der Waals surface area contributed by atoms with Crippen LogP contribution in [0.2, 0.25) is 0 Å². The van der Waals surface area contributed by atoms with Crippen molar-refractivity contribution in [1.82, 2.24) is 9.55 Å². The van der Waals surface area contributed by atoms with Crippen molar-refractivity contribution in [2.24, 2.45) is 5.73 Å². The van der Waals surface area contributed by atoms with Gasteiger partial charge in [0, 0.05) is 18.7 Å². The first-order chi connectivity index (χ1) is 9.83. The Kier molecular flexibility index (Phi) is 3.50. The SMILES string of the molecule is NCc1ccc(-c2nc3ccccc3n2CCO)cc1. The van der Waals surface area contributed by atoms with E-state index in [1.54, 1.807) is 0 Å². The van der Waals surface area contributed by atoms with Gasteiger partial charge in [0.25, 0.3) is 0 Å². The maximum absolute atomic E-state index is 9.29. The number of aliphatic hydroxyl groups excluding tert-OH is 1. The molecule has 0 amide bonds. The van der Waals surface area contributed by atoms with E-state index in [9.17, 15) is 5.11 Å². The predicted molar refractivity (Wildman–Crippen MR) is 80.1 cm³/mol. The largest absolute Gasteiger partial charge is 0.395 e. The monoisotopic (exact) mass is 267 g/mol. The van der Waals surface area contributed by atoms with Crippen LogP contribution in [0.5, 0.6) is 0 Å². The number of imidazole rings is 1. The van der Waals surface area contributed by atoms with Crippen LogP contribution < -0.4 is 5.73 Å². The summed E-state index contributed by atoms with van der Waals surface area (Å²) in [6.07, 6.45) is 0. The summed E-state index contributed by atoms with van der Waals surface area (Å²) in [5, 5.41) is 9.29. The molecule has 0 aliphatic heterocycles. The highest BCUT2D eigenvalue weighted by molar-refractivity contribution is 5.80. The first-order valence-corrected chi connectivity index (χ1v) is 6.69. The zero-order valence-corrected chi connectivity index (χ0v) is 11.2. The van der Waals surface area contributed by atoms with Gasteiger partial charge in [-0.05, 0) is 17.7 Å². The Morgan fingerprint density at radius 2 is 1.80 bits per heavy atom. The average Bonchev–Trinajstić information content (AvgIpc) is 2.87. The molecule has 1 heterocycles. The predicted octanol–water partition coefficient (Wildman–Crippen LogP) is 2.15. The van der Waals surface area contributed by atoms with Gasteiger partial charge in [0.2, 0.25) is 0 Å². The van der Waals surface area contributed by atoms with E-state index in [1.807, 2.05) is 53.1 Å². The van der Waals surface area contributed by atoms with Gasteiger partial charge in [-0.1, -0.05) is 36.4 Å². The lowest BCUT2D eigenvalue weighted by atomic mass is 10.1. The summed E-state index contributed by atoms with van der Waals surface area (Å²) >= 11 is 0. The fraction of sp³-hybridized carbons (Fsp3) is 0.188. The van der Waals surface area contributed by atoms with Gasteiger partial charge >= 0.3 is 0 Å². The Hall–Kier alpha value is -2.17. The van der Waals surface area contributed by atoms with Crippen LogP contribution in [-0.2, 0) is 13.1 Å². The van der Waals surface area contributed by atoms with Gasteiger partial charge in [-0.15, -0.1) is 0 Å². The van der Waals surface area contributed by atoms with E-state index in [4.69, 9.17) is 5.73 Å². The molecule has 0 aliphatic rings. The number of hydrogen-bond donors (Lipinski definition) is 2. The van der Waals surface area contributed by atoms with Crippen LogP contribution in [0.25, 0.3) is 22.4 Å². The van der Waals surface area contributed by atoms with Crippen LogP contribution in [0.15, 0.2) is 48.5 Å². The van der Waals surface area contributed by atoms with Crippen molar-refractivity contribution in [3.05, 3.63) is 54.1 Å². The van der Waals surface area contributed by atoms with Crippen LogP contribution >= 0.6 is 0 Å². The Morgan fingerprint density at radius 1 is 1.05 bits per heavy atom. The molecule has 0 bridgehead atoms. The standard InChI is InChI=1S/C16H17N3O/c17-11-12-5-7-13(8-6-12)16-18-14-3-1-2-4-15(14)19(16)9-10-20/h1-8,20H,9-11,17H2. The molecule has 0 saturated carbocycles. The van der Waals surface area contributed by atoms with Crippen molar-refractivity contribution in [2.45, 2.75) is 13.1 Å². The highest BCUT2D eigenvalue weighted by atomic mass is 16.3. The molecule has 0 saturated heterocycles. The van der Waals surface area contributed by atoms with Crippen LogP contribution in [0.3, 0.4) is 0 Å². The smallest absolute Gasteiger partial charge is 0.141 e. The number of aromatic nitrogens is 2. The summed E-state index contributed by atoms with van der Waals surface area (Å²) in [6, 6.07) is 16.0. The van der Waals surface area contributed by atoms with Gasteiger partial charge in [-0.2, -0.15) is 0 Å². The summed E-state index contributed by atoms with van der Waals surface area (Å²) in [5.74, 6) is 0.879. The Balaban J connectivity index is 2.15. The summed E-state index contributed by atoms with van der Waals surface area (Å²) in [7, 11) is 0. The molecule has 4 nitrogen and oxygen atoms in total. The number of rotatable bonds is 4. The molecule has 3 aromatic rings. The van der Waals surface area contributed by atoms with E-state index in [0.717, 1.165) is 28.0 Å². The minimum Gasteiger partial charge on any atom is -0.395 e. The van der Waals surface area contributed by atoms with E-state index >= 15 is 0 Å². The molecule has 0 unspecified atom stereocenters. The molecule has 0 atom stereocenters. The van der Waals surface area contributed by atoms with Gasteiger partial charge < -0.3 is 15.4 Å². The van der Waals surface area contributed by atoms with Gasteiger partial charge in [0.15, 0.2) is 0 Å². The molecule has 0 fully saturated rings. The van der Waals surface area contributed by atoms with Crippen molar-refractivity contribution in [1.29, 1.82) is 0 Å². The third kappa shape index (κ3) is 2.19. The molecule has 0 spiro atoms. The van der Waals surface area contributed by atoms with Crippen molar-refractivity contribution < 1.29 is 5.11 Å². The highest BCUT2D eigenvalue weighted by Gasteiger charge is 2.11. The van der Waals surface area contributed by atoms with Crippen molar-refractivity contribution in [3.8, 4) is 11.4 Å². The molecule has 3 N–H and O–H groups in total. The molecular formula is C16H17N3O. The average molecular weight is 267 g/mol. The Bertz CT molecular complexity index is 716. The van der Waals surface area contributed by atoms with Crippen LogP contribution in [0.4, 0.5) is 0 Å². The van der Waals surface area contributed by atoms with Crippen LogP contribution in [0, 0.1) is 0 Å². The molecule has 102 valence electrons. The number of benzene rings is 2. The lowest BCUT2D eigenvalue weighted by Crippen LogP contribution is -2.04. The fourth-order valence-corrected chi connectivity index (χ4v) is 2.41.